The summed E-state index contributed by atoms with van der Waals surface area (Å²) in [5.41, 5.74) is 0.395. The predicted octanol–water partition coefficient (Wildman–Crippen LogP) is 2.97. The Labute approximate surface area is 133 Å². The average Bonchev–Trinajstić information content (AvgIpc) is 2.30. The zero-order chi connectivity index (χ0) is 17.6. The molecule has 0 saturated heterocycles. The third-order valence-electron chi connectivity index (χ3n) is 2.87. The first-order valence-corrected chi connectivity index (χ1v) is 7.61. The standard InChI is InChI=1S/C16H31NO5/c1-14(2,3)21-12(18)8-10-16(7,17-20)11-9-13(19)22-15(4,5)6/h17,20H,8-11H2,1-7H3. The Hall–Kier alpha value is -1.14. The number of rotatable bonds is 7. The van der Waals surface area contributed by atoms with E-state index in [1.54, 1.807) is 48.5 Å². The van der Waals surface area contributed by atoms with E-state index >= 15 is 0 Å². The van der Waals surface area contributed by atoms with Gasteiger partial charge in [0.05, 0.1) is 0 Å². The highest BCUT2D eigenvalue weighted by Gasteiger charge is 2.28. The van der Waals surface area contributed by atoms with Gasteiger partial charge in [0.25, 0.3) is 0 Å². The van der Waals surface area contributed by atoms with Crippen LogP contribution in [0.1, 0.15) is 74.1 Å². The third-order valence-corrected chi connectivity index (χ3v) is 2.87. The van der Waals surface area contributed by atoms with Crippen molar-refractivity contribution in [2.75, 3.05) is 0 Å². The summed E-state index contributed by atoms with van der Waals surface area (Å²) in [7, 11) is 0. The normalized spacial score (nSPS) is 12.9. The molecule has 0 aliphatic heterocycles. The number of ether oxygens (including phenoxy) is 2. The summed E-state index contributed by atoms with van der Waals surface area (Å²) < 4.78 is 10.5. The minimum atomic E-state index is -0.742. The van der Waals surface area contributed by atoms with Crippen LogP contribution < -0.4 is 5.48 Å². The SMILES string of the molecule is CC(CCC(=O)OC(C)(C)C)(CCC(=O)OC(C)(C)C)NO. The van der Waals surface area contributed by atoms with E-state index in [1.807, 2.05) is 0 Å². The van der Waals surface area contributed by atoms with Crippen molar-refractivity contribution in [2.45, 2.75) is 90.9 Å². The Bertz CT molecular complexity index is 347. The second-order valence-electron chi connectivity index (χ2n) is 7.85. The highest BCUT2D eigenvalue weighted by Crippen LogP contribution is 2.21. The van der Waals surface area contributed by atoms with E-state index < -0.39 is 16.7 Å². The Morgan fingerprint density at radius 1 is 0.818 bits per heavy atom. The molecular weight excluding hydrogens is 286 g/mol. The van der Waals surface area contributed by atoms with E-state index in [9.17, 15) is 14.8 Å². The van der Waals surface area contributed by atoms with E-state index in [0.717, 1.165) is 0 Å². The molecule has 0 atom stereocenters. The largest absolute Gasteiger partial charge is 0.460 e. The number of carbonyl (C=O) groups excluding carboxylic acids is 2. The molecular formula is C16H31NO5. The molecule has 0 fully saturated rings. The second-order valence-corrected chi connectivity index (χ2v) is 7.85. The van der Waals surface area contributed by atoms with Crippen molar-refractivity contribution in [1.82, 2.24) is 5.48 Å². The van der Waals surface area contributed by atoms with Gasteiger partial charge >= 0.3 is 11.9 Å². The molecule has 0 heterocycles. The van der Waals surface area contributed by atoms with Crippen molar-refractivity contribution in [3.05, 3.63) is 0 Å². The van der Waals surface area contributed by atoms with Gasteiger partial charge in [-0.05, 0) is 61.3 Å². The molecule has 22 heavy (non-hydrogen) atoms. The number of hydroxylamine groups is 1. The van der Waals surface area contributed by atoms with Gasteiger partial charge in [0.2, 0.25) is 0 Å². The molecule has 6 heteroatoms. The van der Waals surface area contributed by atoms with Crippen LogP contribution >= 0.6 is 0 Å². The molecule has 2 N–H and O–H groups in total. The van der Waals surface area contributed by atoms with Crippen molar-refractivity contribution in [2.24, 2.45) is 0 Å². The first kappa shape index (κ1) is 20.9. The summed E-state index contributed by atoms with van der Waals surface area (Å²) in [4.78, 5) is 23.4. The minimum Gasteiger partial charge on any atom is -0.460 e. The minimum absolute atomic E-state index is 0.162. The van der Waals surface area contributed by atoms with E-state index in [0.29, 0.717) is 12.8 Å². The molecule has 0 unspecified atom stereocenters. The summed E-state index contributed by atoms with van der Waals surface area (Å²) in [6, 6.07) is 0. The summed E-state index contributed by atoms with van der Waals surface area (Å²) in [6.07, 6.45) is 1.05. The van der Waals surface area contributed by atoms with Gasteiger partial charge in [0.15, 0.2) is 0 Å². The summed E-state index contributed by atoms with van der Waals surface area (Å²) in [5.74, 6) is -0.655. The lowest BCUT2D eigenvalue weighted by molar-refractivity contribution is -0.155. The lowest BCUT2D eigenvalue weighted by atomic mass is 9.91. The van der Waals surface area contributed by atoms with Gasteiger partial charge in [-0.3, -0.25) is 9.59 Å². The third kappa shape index (κ3) is 10.6. The molecule has 0 aromatic carbocycles. The van der Waals surface area contributed by atoms with Gasteiger partial charge in [0.1, 0.15) is 11.2 Å². The van der Waals surface area contributed by atoms with Crippen molar-refractivity contribution in [3.63, 3.8) is 0 Å². The number of carbonyl (C=O) groups is 2. The summed E-state index contributed by atoms with van der Waals surface area (Å²) >= 11 is 0. The quantitative estimate of drug-likeness (QED) is 0.555. The molecule has 0 aliphatic rings. The van der Waals surface area contributed by atoms with Gasteiger partial charge in [-0.1, -0.05) is 0 Å². The molecule has 0 aliphatic carbocycles. The van der Waals surface area contributed by atoms with Crippen molar-refractivity contribution < 1.29 is 24.3 Å². The summed E-state index contributed by atoms with van der Waals surface area (Å²) in [6.45, 7) is 12.6. The van der Waals surface area contributed by atoms with Crippen molar-refractivity contribution >= 4 is 11.9 Å². The van der Waals surface area contributed by atoms with Crippen LogP contribution in [-0.2, 0) is 19.1 Å². The number of nitrogens with one attached hydrogen (secondary N) is 1. The van der Waals surface area contributed by atoms with Crippen LogP contribution in [0.2, 0.25) is 0 Å². The predicted molar refractivity (Wildman–Crippen MR) is 83.5 cm³/mol. The summed E-state index contributed by atoms with van der Waals surface area (Å²) in [5, 5.41) is 9.32. The highest BCUT2D eigenvalue weighted by atomic mass is 16.6. The monoisotopic (exact) mass is 317 g/mol. The van der Waals surface area contributed by atoms with Crippen molar-refractivity contribution in [3.8, 4) is 0 Å². The lowest BCUT2D eigenvalue weighted by Gasteiger charge is -2.28. The fraction of sp³-hybridized carbons (Fsp3) is 0.875. The molecule has 0 radical (unpaired) electrons. The Kier molecular flexibility index (Phi) is 7.51. The van der Waals surface area contributed by atoms with Crippen LogP contribution in [0.25, 0.3) is 0 Å². The lowest BCUT2D eigenvalue weighted by Crippen LogP contribution is -2.41. The maximum absolute atomic E-state index is 11.7. The van der Waals surface area contributed by atoms with Gasteiger partial charge in [-0.2, -0.15) is 5.48 Å². The molecule has 130 valence electrons. The molecule has 0 saturated carbocycles. The maximum atomic E-state index is 11.7. The number of esters is 2. The zero-order valence-corrected chi connectivity index (χ0v) is 14.9. The van der Waals surface area contributed by atoms with Crippen LogP contribution in [0.3, 0.4) is 0 Å². The van der Waals surface area contributed by atoms with Crippen LogP contribution in [0.15, 0.2) is 0 Å². The second kappa shape index (κ2) is 7.92. The van der Waals surface area contributed by atoms with Gasteiger partial charge in [-0.15, -0.1) is 0 Å². The Morgan fingerprint density at radius 3 is 1.36 bits per heavy atom. The van der Waals surface area contributed by atoms with E-state index in [2.05, 4.69) is 5.48 Å². The Morgan fingerprint density at radius 2 is 1.14 bits per heavy atom. The topological polar surface area (TPSA) is 84.9 Å². The van der Waals surface area contributed by atoms with Gasteiger partial charge in [-0.25, -0.2) is 0 Å². The van der Waals surface area contributed by atoms with E-state index in [4.69, 9.17) is 9.47 Å². The van der Waals surface area contributed by atoms with Crippen LogP contribution in [0.5, 0.6) is 0 Å². The molecule has 0 rings (SSSR count). The average molecular weight is 317 g/mol. The smallest absolute Gasteiger partial charge is 0.306 e. The molecule has 0 spiro atoms. The van der Waals surface area contributed by atoms with Crippen LogP contribution in [0, 0.1) is 0 Å². The first-order valence-electron chi connectivity index (χ1n) is 7.61. The fourth-order valence-electron chi connectivity index (χ4n) is 1.78. The van der Waals surface area contributed by atoms with Crippen molar-refractivity contribution in [1.29, 1.82) is 0 Å². The van der Waals surface area contributed by atoms with E-state index in [1.165, 1.54) is 0 Å². The zero-order valence-electron chi connectivity index (χ0n) is 14.9. The molecule has 0 bridgehead atoms. The van der Waals surface area contributed by atoms with Crippen LogP contribution in [0.4, 0.5) is 0 Å². The van der Waals surface area contributed by atoms with Crippen LogP contribution in [-0.4, -0.2) is 33.9 Å². The van der Waals surface area contributed by atoms with Gasteiger partial charge in [0, 0.05) is 18.4 Å². The highest BCUT2D eigenvalue weighted by molar-refractivity contribution is 5.70. The fourth-order valence-corrected chi connectivity index (χ4v) is 1.78. The maximum Gasteiger partial charge on any atom is 0.306 e. The number of hydrogen-bond donors (Lipinski definition) is 2. The Balaban J connectivity index is 4.35. The first-order chi connectivity index (χ1) is 9.76. The van der Waals surface area contributed by atoms with E-state index in [-0.39, 0.29) is 24.8 Å². The molecule has 6 nitrogen and oxygen atoms in total. The molecule has 0 aromatic heterocycles. The molecule has 0 amide bonds. The van der Waals surface area contributed by atoms with Gasteiger partial charge < -0.3 is 14.7 Å². The number of hydrogen-bond acceptors (Lipinski definition) is 6. The molecule has 0 aromatic rings.